The van der Waals surface area contributed by atoms with E-state index in [1.54, 1.807) is 0 Å². The Balaban J connectivity index is 1.93. The van der Waals surface area contributed by atoms with E-state index >= 15 is 0 Å². The molecule has 1 aromatic rings. The summed E-state index contributed by atoms with van der Waals surface area (Å²) in [6.07, 6.45) is 1.43. The standard InChI is InChI=1S/C14H20N2O2/c17-14(18)16(10-12-5-2-1-3-6-12)11-13-7-4-8-15-9-13/h1-3,5-6,13,15H,4,7-11H2,(H,17,18). The van der Waals surface area contributed by atoms with Gasteiger partial charge in [-0.2, -0.15) is 0 Å². The fourth-order valence-corrected chi connectivity index (χ4v) is 2.41. The number of rotatable bonds is 4. The number of piperidine rings is 1. The highest BCUT2D eigenvalue weighted by molar-refractivity contribution is 5.65. The SMILES string of the molecule is O=C(O)N(Cc1ccccc1)CC1CCCNC1. The maximum absolute atomic E-state index is 11.3. The zero-order valence-corrected chi connectivity index (χ0v) is 10.5. The first-order valence-electron chi connectivity index (χ1n) is 6.48. The summed E-state index contributed by atoms with van der Waals surface area (Å²) in [4.78, 5) is 12.8. The molecule has 0 aromatic heterocycles. The Bertz CT molecular complexity index is 375. The first-order chi connectivity index (χ1) is 8.75. The van der Waals surface area contributed by atoms with Crippen molar-refractivity contribution in [2.75, 3.05) is 19.6 Å². The maximum atomic E-state index is 11.3. The molecule has 0 radical (unpaired) electrons. The topological polar surface area (TPSA) is 52.6 Å². The molecular weight excluding hydrogens is 228 g/mol. The molecule has 1 saturated heterocycles. The van der Waals surface area contributed by atoms with Crippen molar-refractivity contribution in [3.8, 4) is 0 Å². The predicted molar refractivity (Wildman–Crippen MR) is 70.5 cm³/mol. The average Bonchev–Trinajstić information content (AvgIpc) is 2.40. The number of amides is 1. The van der Waals surface area contributed by atoms with E-state index in [0.29, 0.717) is 19.0 Å². The van der Waals surface area contributed by atoms with E-state index in [1.807, 2.05) is 30.3 Å². The summed E-state index contributed by atoms with van der Waals surface area (Å²) >= 11 is 0. The van der Waals surface area contributed by atoms with Crippen LogP contribution in [0.15, 0.2) is 30.3 Å². The van der Waals surface area contributed by atoms with Crippen LogP contribution in [0, 0.1) is 5.92 Å². The van der Waals surface area contributed by atoms with Gasteiger partial charge in [-0.3, -0.25) is 0 Å². The quantitative estimate of drug-likeness (QED) is 0.858. The van der Waals surface area contributed by atoms with Crippen molar-refractivity contribution in [1.29, 1.82) is 0 Å². The minimum Gasteiger partial charge on any atom is -0.465 e. The second-order valence-electron chi connectivity index (χ2n) is 4.86. The molecule has 0 saturated carbocycles. The van der Waals surface area contributed by atoms with Gasteiger partial charge in [-0.05, 0) is 37.4 Å². The highest BCUT2D eigenvalue weighted by Crippen LogP contribution is 2.14. The molecule has 0 bridgehead atoms. The van der Waals surface area contributed by atoms with Crippen molar-refractivity contribution in [2.24, 2.45) is 5.92 Å². The Morgan fingerprint density at radius 2 is 2.17 bits per heavy atom. The van der Waals surface area contributed by atoms with Crippen LogP contribution in [0.1, 0.15) is 18.4 Å². The molecule has 4 heteroatoms. The van der Waals surface area contributed by atoms with Crippen molar-refractivity contribution in [3.05, 3.63) is 35.9 Å². The second-order valence-corrected chi connectivity index (χ2v) is 4.86. The molecule has 1 atom stereocenters. The molecule has 1 heterocycles. The van der Waals surface area contributed by atoms with Gasteiger partial charge >= 0.3 is 6.09 Å². The number of carboxylic acid groups (broad SMARTS) is 1. The summed E-state index contributed by atoms with van der Waals surface area (Å²) in [5.41, 5.74) is 1.05. The van der Waals surface area contributed by atoms with Crippen molar-refractivity contribution in [1.82, 2.24) is 10.2 Å². The Labute approximate surface area is 108 Å². The average molecular weight is 248 g/mol. The first kappa shape index (κ1) is 12.9. The molecule has 1 aliphatic rings. The van der Waals surface area contributed by atoms with Crippen LogP contribution in [0.4, 0.5) is 4.79 Å². The van der Waals surface area contributed by atoms with Gasteiger partial charge in [-0.1, -0.05) is 30.3 Å². The largest absolute Gasteiger partial charge is 0.465 e. The molecule has 0 aliphatic carbocycles. The second kappa shape index (κ2) is 6.40. The Morgan fingerprint density at radius 1 is 1.39 bits per heavy atom. The minimum atomic E-state index is -0.829. The maximum Gasteiger partial charge on any atom is 0.407 e. The fraction of sp³-hybridized carbons (Fsp3) is 0.500. The molecular formula is C14H20N2O2. The monoisotopic (exact) mass is 248 g/mol. The zero-order chi connectivity index (χ0) is 12.8. The van der Waals surface area contributed by atoms with Crippen molar-refractivity contribution < 1.29 is 9.90 Å². The van der Waals surface area contributed by atoms with E-state index in [9.17, 15) is 9.90 Å². The van der Waals surface area contributed by atoms with Crippen LogP contribution in [0.5, 0.6) is 0 Å². The lowest BCUT2D eigenvalue weighted by atomic mass is 9.99. The highest BCUT2D eigenvalue weighted by Gasteiger charge is 2.20. The van der Waals surface area contributed by atoms with Gasteiger partial charge < -0.3 is 15.3 Å². The third-order valence-electron chi connectivity index (χ3n) is 3.36. The summed E-state index contributed by atoms with van der Waals surface area (Å²) in [7, 11) is 0. The van der Waals surface area contributed by atoms with E-state index in [0.717, 1.165) is 31.5 Å². The van der Waals surface area contributed by atoms with Gasteiger partial charge in [0.2, 0.25) is 0 Å². The van der Waals surface area contributed by atoms with Crippen LogP contribution in [0.3, 0.4) is 0 Å². The molecule has 4 nitrogen and oxygen atoms in total. The Kier molecular flexibility index (Phi) is 4.59. The third kappa shape index (κ3) is 3.74. The lowest BCUT2D eigenvalue weighted by Crippen LogP contribution is -2.40. The van der Waals surface area contributed by atoms with E-state index < -0.39 is 6.09 Å². The minimum absolute atomic E-state index is 0.443. The summed E-state index contributed by atoms with van der Waals surface area (Å²) in [6, 6.07) is 9.76. The first-order valence-corrected chi connectivity index (χ1v) is 6.48. The number of nitrogens with zero attached hydrogens (tertiary/aromatic N) is 1. The van der Waals surface area contributed by atoms with Gasteiger partial charge in [-0.15, -0.1) is 0 Å². The summed E-state index contributed by atoms with van der Waals surface area (Å²) in [5, 5.41) is 12.6. The smallest absolute Gasteiger partial charge is 0.407 e. The van der Waals surface area contributed by atoms with Gasteiger partial charge in [0.15, 0.2) is 0 Å². The number of benzene rings is 1. The molecule has 2 N–H and O–H groups in total. The normalized spacial score (nSPS) is 19.4. The van der Waals surface area contributed by atoms with Crippen molar-refractivity contribution in [3.63, 3.8) is 0 Å². The number of nitrogens with one attached hydrogen (secondary N) is 1. The summed E-state index contributed by atoms with van der Waals surface area (Å²) in [5.74, 6) is 0.443. The van der Waals surface area contributed by atoms with Crippen molar-refractivity contribution in [2.45, 2.75) is 19.4 Å². The molecule has 0 spiro atoms. The van der Waals surface area contributed by atoms with E-state index in [2.05, 4.69) is 5.32 Å². The number of carbonyl (C=O) groups is 1. The van der Waals surface area contributed by atoms with Gasteiger partial charge in [0.1, 0.15) is 0 Å². The molecule has 1 aromatic carbocycles. The van der Waals surface area contributed by atoms with Crippen molar-refractivity contribution >= 4 is 6.09 Å². The van der Waals surface area contributed by atoms with E-state index in [-0.39, 0.29) is 0 Å². The highest BCUT2D eigenvalue weighted by atomic mass is 16.4. The van der Waals surface area contributed by atoms with Crippen LogP contribution in [0.2, 0.25) is 0 Å². The van der Waals surface area contributed by atoms with E-state index in [1.165, 1.54) is 4.90 Å². The molecule has 1 aliphatic heterocycles. The van der Waals surface area contributed by atoms with Crippen LogP contribution < -0.4 is 5.32 Å². The molecule has 98 valence electrons. The Morgan fingerprint density at radius 3 is 2.78 bits per heavy atom. The molecule has 1 unspecified atom stereocenters. The predicted octanol–water partition coefficient (Wildman–Crippen LogP) is 2.17. The lowest BCUT2D eigenvalue weighted by molar-refractivity contribution is 0.129. The summed E-state index contributed by atoms with van der Waals surface area (Å²) < 4.78 is 0. The van der Waals surface area contributed by atoms with Crippen LogP contribution in [-0.2, 0) is 6.54 Å². The molecule has 1 amide bonds. The molecule has 2 rings (SSSR count). The van der Waals surface area contributed by atoms with Gasteiger partial charge in [0.05, 0.1) is 0 Å². The van der Waals surface area contributed by atoms with Gasteiger partial charge in [0, 0.05) is 13.1 Å². The lowest BCUT2D eigenvalue weighted by Gasteiger charge is -2.28. The van der Waals surface area contributed by atoms with Crippen LogP contribution in [-0.4, -0.2) is 35.7 Å². The van der Waals surface area contributed by atoms with E-state index in [4.69, 9.17) is 0 Å². The summed E-state index contributed by atoms with van der Waals surface area (Å²) in [6.45, 7) is 3.09. The fourth-order valence-electron chi connectivity index (χ4n) is 2.41. The number of hydrogen-bond acceptors (Lipinski definition) is 2. The third-order valence-corrected chi connectivity index (χ3v) is 3.36. The molecule has 1 fully saturated rings. The number of hydrogen-bond donors (Lipinski definition) is 2. The van der Waals surface area contributed by atoms with Crippen LogP contribution in [0.25, 0.3) is 0 Å². The Hall–Kier alpha value is -1.55. The van der Waals surface area contributed by atoms with Crippen LogP contribution >= 0.6 is 0 Å². The van der Waals surface area contributed by atoms with Gasteiger partial charge in [0.25, 0.3) is 0 Å². The van der Waals surface area contributed by atoms with Gasteiger partial charge in [-0.25, -0.2) is 4.79 Å². The zero-order valence-electron chi connectivity index (χ0n) is 10.5. The molecule has 18 heavy (non-hydrogen) atoms.